The van der Waals surface area contributed by atoms with E-state index in [0.717, 1.165) is 32.6 Å². The smallest absolute Gasteiger partial charge is 0.103 e. The molecule has 1 saturated heterocycles. The SMILES string of the molecule is N#CC(CN=[N+]=[N-])N1CCCNCC1. The van der Waals surface area contributed by atoms with Crippen molar-refractivity contribution in [3.8, 4) is 6.07 Å². The molecule has 0 aromatic heterocycles. The highest BCUT2D eigenvalue weighted by Crippen LogP contribution is 2.02. The van der Waals surface area contributed by atoms with E-state index in [-0.39, 0.29) is 12.6 Å². The van der Waals surface area contributed by atoms with Crippen molar-refractivity contribution >= 4 is 0 Å². The maximum absolute atomic E-state index is 8.90. The van der Waals surface area contributed by atoms with Crippen LogP contribution < -0.4 is 5.32 Å². The highest BCUT2D eigenvalue weighted by molar-refractivity contribution is 4.94. The zero-order valence-corrected chi connectivity index (χ0v) is 8.06. The van der Waals surface area contributed by atoms with Crippen LogP contribution in [-0.2, 0) is 0 Å². The molecular weight excluding hydrogens is 180 g/mol. The second-order valence-electron chi connectivity index (χ2n) is 3.20. The lowest BCUT2D eigenvalue weighted by Gasteiger charge is -2.23. The van der Waals surface area contributed by atoms with Crippen molar-refractivity contribution in [1.29, 1.82) is 5.26 Å². The minimum atomic E-state index is -0.272. The van der Waals surface area contributed by atoms with Crippen LogP contribution in [0, 0.1) is 11.3 Å². The lowest BCUT2D eigenvalue weighted by molar-refractivity contribution is 0.254. The van der Waals surface area contributed by atoms with Gasteiger partial charge in [-0.15, -0.1) is 0 Å². The van der Waals surface area contributed by atoms with Crippen LogP contribution in [0.1, 0.15) is 6.42 Å². The fourth-order valence-electron chi connectivity index (χ4n) is 1.53. The minimum absolute atomic E-state index is 0.243. The van der Waals surface area contributed by atoms with Gasteiger partial charge in [0.15, 0.2) is 0 Å². The summed E-state index contributed by atoms with van der Waals surface area (Å²) < 4.78 is 0. The van der Waals surface area contributed by atoms with Gasteiger partial charge in [0.2, 0.25) is 0 Å². The van der Waals surface area contributed by atoms with Crippen LogP contribution in [0.5, 0.6) is 0 Å². The van der Waals surface area contributed by atoms with Crippen molar-refractivity contribution in [2.45, 2.75) is 12.5 Å². The van der Waals surface area contributed by atoms with Gasteiger partial charge in [-0.25, -0.2) is 0 Å². The van der Waals surface area contributed by atoms with Crippen LogP contribution in [0.2, 0.25) is 0 Å². The van der Waals surface area contributed by atoms with E-state index in [4.69, 9.17) is 10.8 Å². The molecule has 0 saturated carbocycles. The molecule has 1 rings (SSSR count). The summed E-state index contributed by atoms with van der Waals surface area (Å²) in [4.78, 5) is 4.74. The molecule has 0 bridgehead atoms. The molecule has 1 unspecified atom stereocenters. The van der Waals surface area contributed by atoms with E-state index in [0.29, 0.717) is 0 Å². The number of nitrogens with zero attached hydrogens (tertiary/aromatic N) is 5. The largest absolute Gasteiger partial charge is 0.315 e. The highest BCUT2D eigenvalue weighted by atomic mass is 15.2. The van der Waals surface area contributed by atoms with Gasteiger partial charge in [0, 0.05) is 24.5 Å². The van der Waals surface area contributed by atoms with E-state index in [2.05, 4.69) is 26.3 Å². The molecule has 1 fully saturated rings. The number of hydrogen-bond acceptors (Lipinski definition) is 4. The van der Waals surface area contributed by atoms with Gasteiger partial charge in [0.25, 0.3) is 0 Å². The number of nitrogens with one attached hydrogen (secondary N) is 1. The lowest BCUT2D eigenvalue weighted by Crippen LogP contribution is -2.38. The maximum atomic E-state index is 8.90. The van der Waals surface area contributed by atoms with Gasteiger partial charge in [0.1, 0.15) is 6.04 Å². The predicted molar refractivity (Wildman–Crippen MR) is 52.5 cm³/mol. The molecule has 76 valence electrons. The molecule has 1 N–H and O–H groups in total. The fraction of sp³-hybridized carbons (Fsp3) is 0.875. The summed E-state index contributed by atoms with van der Waals surface area (Å²) in [6, 6.07) is 1.90. The maximum Gasteiger partial charge on any atom is 0.103 e. The van der Waals surface area contributed by atoms with Gasteiger partial charge in [-0.1, -0.05) is 5.11 Å². The Balaban J connectivity index is 2.49. The van der Waals surface area contributed by atoms with Gasteiger partial charge in [-0.05, 0) is 18.5 Å². The molecule has 1 aliphatic heterocycles. The molecule has 0 aliphatic carbocycles. The third-order valence-electron chi connectivity index (χ3n) is 2.28. The molecule has 6 heteroatoms. The Kier molecular flexibility index (Phi) is 4.79. The first-order chi connectivity index (χ1) is 6.88. The topological polar surface area (TPSA) is 87.8 Å². The van der Waals surface area contributed by atoms with Crippen LogP contribution in [0.15, 0.2) is 5.11 Å². The van der Waals surface area contributed by atoms with Crippen molar-refractivity contribution in [1.82, 2.24) is 10.2 Å². The Morgan fingerprint density at radius 1 is 1.57 bits per heavy atom. The summed E-state index contributed by atoms with van der Waals surface area (Å²) in [6.07, 6.45) is 1.04. The normalized spacial score (nSPS) is 20.2. The molecule has 0 aromatic rings. The summed E-state index contributed by atoms with van der Waals surface area (Å²) >= 11 is 0. The van der Waals surface area contributed by atoms with Crippen molar-refractivity contribution < 1.29 is 0 Å². The van der Waals surface area contributed by atoms with Gasteiger partial charge in [0.05, 0.1) is 12.6 Å². The number of hydrogen-bond donors (Lipinski definition) is 1. The summed E-state index contributed by atoms with van der Waals surface area (Å²) in [5.41, 5.74) is 8.18. The Hall–Kier alpha value is -1.28. The molecule has 6 nitrogen and oxygen atoms in total. The molecular formula is C8H14N6. The molecule has 0 aromatic carbocycles. The Morgan fingerprint density at radius 2 is 2.43 bits per heavy atom. The average Bonchev–Trinajstić information content (AvgIpc) is 2.48. The first-order valence-corrected chi connectivity index (χ1v) is 4.73. The van der Waals surface area contributed by atoms with Gasteiger partial charge < -0.3 is 5.32 Å². The Labute approximate surface area is 83.1 Å². The zero-order valence-electron chi connectivity index (χ0n) is 8.06. The second kappa shape index (κ2) is 6.22. The third-order valence-corrected chi connectivity index (χ3v) is 2.28. The van der Waals surface area contributed by atoms with Crippen LogP contribution >= 0.6 is 0 Å². The van der Waals surface area contributed by atoms with Crippen molar-refractivity contribution in [3.05, 3.63) is 10.4 Å². The fourth-order valence-corrected chi connectivity index (χ4v) is 1.53. The molecule has 1 atom stereocenters. The lowest BCUT2D eigenvalue weighted by atomic mass is 10.2. The Morgan fingerprint density at radius 3 is 3.14 bits per heavy atom. The monoisotopic (exact) mass is 194 g/mol. The molecule has 0 amide bonds. The van der Waals surface area contributed by atoms with Crippen molar-refractivity contribution in [2.75, 3.05) is 32.7 Å². The van der Waals surface area contributed by atoms with Gasteiger partial charge >= 0.3 is 0 Å². The average molecular weight is 194 g/mol. The van der Waals surface area contributed by atoms with E-state index < -0.39 is 0 Å². The van der Waals surface area contributed by atoms with Crippen molar-refractivity contribution in [3.63, 3.8) is 0 Å². The third kappa shape index (κ3) is 3.23. The van der Waals surface area contributed by atoms with Crippen LogP contribution in [0.3, 0.4) is 0 Å². The molecule has 1 heterocycles. The van der Waals surface area contributed by atoms with E-state index in [1.807, 2.05) is 0 Å². The number of azide groups is 1. The van der Waals surface area contributed by atoms with E-state index in [1.165, 1.54) is 0 Å². The molecule has 0 radical (unpaired) electrons. The molecule has 0 spiro atoms. The van der Waals surface area contributed by atoms with Gasteiger partial charge in [-0.2, -0.15) is 5.26 Å². The molecule has 14 heavy (non-hydrogen) atoms. The van der Waals surface area contributed by atoms with Gasteiger partial charge in [-0.3, -0.25) is 4.90 Å². The first kappa shape index (κ1) is 10.8. The summed E-state index contributed by atoms with van der Waals surface area (Å²) in [5.74, 6) is 0. The predicted octanol–water partition coefficient (Wildman–Crippen LogP) is 0.484. The number of nitriles is 1. The van der Waals surface area contributed by atoms with Crippen LogP contribution in [-0.4, -0.2) is 43.7 Å². The van der Waals surface area contributed by atoms with Crippen LogP contribution in [0.25, 0.3) is 10.4 Å². The van der Waals surface area contributed by atoms with E-state index >= 15 is 0 Å². The summed E-state index contributed by atoms with van der Waals surface area (Å²) in [6.45, 7) is 3.88. The van der Waals surface area contributed by atoms with E-state index in [1.54, 1.807) is 0 Å². The molecule has 1 aliphatic rings. The summed E-state index contributed by atoms with van der Waals surface area (Å²) in [7, 11) is 0. The second-order valence-corrected chi connectivity index (χ2v) is 3.20. The van der Waals surface area contributed by atoms with Crippen molar-refractivity contribution in [2.24, 2.45) is 5.11 Å². The zero-order chi connectivity index (χ0) is 10.2. The first-order valence-electron chi connectivity index (χ1n) is 4.73. The number of rotatable bonds is 3. The Bertz CT molecular complexity index is 243. The highest BCUT2D eigenvalue weighted by Gasteiger charge is 2.17. The quantitative estimate of drug-likeness (QED) is 0.402. The summed E-state index contributed by atoms with van der Waals surface area (Å²) in [5, 5.41) is 15.6. The minimum Gasteiger partial charge on any atom is -0.315 e. The van der Waals surface area contributed by atoms with E-state index in [9.17, 15) is 0 Å². The standard InChI is InChI=1S/C8H14N6/c9-6-8(7-12-13-10)14-4-1-2-11-3-5-14/h8,11H,1-5,7H2. The van der Waals surface area contributed by atoms with Crippen LogP contribution in [0.4, 0.5) is 0 Å².